The van der Waals surface area contributed by atoms with Crippen LogP contribution in [-0.4, -0.2) is 52.0 Å². The lowest BCUT2D eigenvalue weighted by atomic mass is 10.1. The fourth-order valence-electron chi connectivity index (χ4n) is 2.08. The number of sulfonamides is 1. The van der Waals surface area contributed by atoms with E-state index in [4.69, 9.17) is 4.74 Å². The molecule has 0 unspecified atom stereocenters. The monoisotopic (exact) mass is 298 g/mol. The molecule has 1 aromatic carbocycles. The summed E-state index contributed by atoms with van der Waals surface area (Å²) < 4.78 is 31.5. The van der Waals surface area contributed by atoms with Crippen molar-refractivity contribution < 1.29 is 17.9 Å². The number of aryl methyl sites for hydroxylation is 1. The summed E-state index contributed by atoms with van der Waals surface area (Å²) in [5.41, 5.74) is 1.12. The van der Waals surface area contributed by atoms with Crippen LogP contribution < -0.4 is 5.32 Å². The van der Waals surface area contributed by atoms with E-state index in [0.29, 0.717) is 31.9 Å². The number of carbonyl (C=O) groups is 1. The minimum Gasteiger partial charge on any atom is -0.379 e. The molecule has 1 heterocycles. The first-order chi connectivity index (χ1) is 9.46. The third-order valence-electron chi connectivity index (χ3n) is 3.29. The highest BCUT2D eigenvalue weighted by atomic mass is 32.2. The van der Waals surface area contributed by atoms with Crippen molar-refractivity contribution >= 4 is 15.9 Å². The second-order valence-electron chi connectivity index (χ2n) is 4.57. The van der Waals surface area contributed by atoms with Crippen LogP contribution in [0.4, 0.5) is 0 Å². The van der Waals surface area contributed by atoms with Crippen LogP contribution in [-0.2, 0) is 14.8 Å². The van der Waals surface area contributed by atoms with Gasteiger partial charge in [0.25, 0.3) is 5.91 Å². The van der Waals surface area contributed by atoms with Crippen LogP contribution >= 0.6 is 0 Å². The summed E-state index contributed by atoms with van der Waals surface area (Å²) in [5.74, 6) is -0.290. The zero-order valence-electron chi connectivity index (χ0n) is 11.5. The van der Waals surface area contributed by atoms with Gasteiger partial charge in [-0.05, 0) is 24.6 Å². The number of nitrogens with one attached hydrogen (secondary N) is 1. The van der Waals surface area contributed by atoms with E-state index in [2.05, 4.69) is 5.32 Å². The Balaban J connectivity index is 2.39. The lowest BCUT2D eigenvalue weighted by Crippen LogP contribution is -2.40. The van der Waals surface area contributed by atoms with Gasteiger partial charge >= 0.3 is 0 Å². The zero-order chi connectivity index (χ0) is 14.8. The van der Waals surface area contributed by atoms with Crippen LogP contribution in [0.2, 0.25) is 0 Å². The van der Waals surface area contributed by atoms with Crippen molar-refractivity contribution in [2.24, 2.45) is 0 Å². The Morgan fingerprint density at radius 1 is 1.30 bits per heavy atom. The van der Waals surface area contributed by atoms with Crippen molar-refractivity contribution in [2.45, 2.75) is 11.8 Å². The molecule has 0 atom stereocenters. The first-order valence-electron chi connectivity index (χ1n) is 6.37. The molecule has 0 spiro atoms. The van der Waals surface area contributed by atoms with E-state index in [-0.39, 0.29) is 10.8 Å². The minimum absolute atomic E-state index is 0.142. The van der Waals surface area contributed by atoms with Crippen molar-refractivity contribution in [1.29, 1.82) is 0 Å². The third-order valence-corrected chi connectivity index (χ3v) is 5.18. The molecule has 0 aromatic heterocycles. The van der Waals surface area contributed by atoms with Crippen molar-refractivity contribution in [3.8, 4) is 0 Å². The Morgan fingerprint density at radius 3 is 2.55 bits per heavy atom. The Labute approximate surface area is 118 Å². The average molecular weight is 298 g/mol. The first kappa shape index (κ1) is 15.0. The quantitative estimate of drug-likeness (QED) is 0.875. The van der Waals surface area contributed by atoms with Crippen molar-refractivity contribution in [3.05, 3.63) is 29.3 Å². The summed E-state index contributed by atoms with van der Waals surface area (Å²) in [7, 11) is -2.05. The molecule has 0 radical (unpaired) electrons. The fourth-order valence-corrected chi connectivity index (χ4v) is 3.51. The maximum atomic E-state index is 12.5. The largest absolute Gasteiger partial charge is 0.379 e. The van der Waals surface area contributed by atoms with E-state index in [1.165, 1.54) is 23.5 Å². The molecule has 7 heteroatoms. The van der Waals surface area contributed by atoms with Gasteiger partial charge in [-0.15, -0.1) is 0 Å². The second kappa shape index (κ2) is 5.90. The molecule has 20 heavy (non-hydrogen) atoms. The number of hydrogen-bond acceptors (Lipinski definition) is 4. The molecule has 110 valence electrons. The molecule has 1 aromatic rings. The van der Waals surface area contributed by atoms with Gasteiger partial charge in [-0.3, -0.25) is 4.79 Å². The molecule has 1 saturated heterocycles. The number of ether oxygens (including phenoxy) is 1. The topological polar surface area (TPSA) is 75.7 Å². The van der Waals surface area contributed by atoms with Crippen LogP contribution in [0, 0.1) is 6.92 Å². The number of carbonyl (C=O) groups excluding carboxylic acids is 1. The van der Waals surface area contributed by atoms with E-state index in [9.17, 15) is 13.2 Å². The van der Waals surface area contributed by atoms with E-state index >= 15 is 0 Å². The summed E-state index contributed by atoms with van der Waals surface area (Å²) in [6, 6.07) is 4.61. The fraction of sp³-hybridized carbons (Fsp3) is 0.462. The highest BCUT2D eigenvalue weighted by Crippen LogP contribution is 2.20. The number of morpholine rings is 1. The number of hydrogen-bond donors (Lipinski definition) is 1. The Bertz CT molecular complexity index is 607. The predicted molar refractivity (Wildman–Crippen MR) is 74.1 cm³/mol. The lowest BCUT2D eigenvalue weighted by molar-refractivity contribution is 0.0730. The molecule has 0 bridgehead atoms. The van der Waals surface area contributed by atoms with Crippen LogP contribution in [0.5, 0.6) is 0 Å². The molecular weight excluding hydrogens is 280 g/mol. The first-order valence-corrected chi connectivity index (χ1v) is 7.81. The van der Waals surface area contributed by atoms with Crippen LogP contribution in [0.3, 0.4) is 0 Å². The molecule has 1 amide bonds. The van der Waals surface area contributed by atoms with Gasteiger partial charge in [0.05, 0.1) is 18.1 Å². The van der Waals surface area contributed by atoms with E-state index in [0.717, 1.165) is 5.56 Å². The lowest BCUT2D eigenvalue weighted by Gasteiger charge is -2.26. The number of rotatable bonds is 3. The summed E-state index contributed by atoms with van der Waals surface area (Å²) in [5, 5.41) is 2.51. The number of amides is 1. The van der Waals surface area contributed by atoms with Gasteiger partial charge in [-0.2, -0.15) is 4.31 Å². The van der Waals surface area contributed by atoms with Crippen LogP contribution in [0.25, 0.3) is 0 Å². The highest BCUT2D eigenvalue weighted by Gasteiger charge is 2.27. The summed E-state index contributed by atoms with van der Waals surface area (Å²) >= 11 is 0. The normalized spacial score (nSPS) is 16.9. The molecule has 0 saturated carbocycles. The predicted octanol–water partition coefficient (Wildman–Crippen LogP) is 0.376. The Morgan fingerprint density at radius 2 is 1.95 bits per heavy atom. The van der Waals surface area contributed by atoms with Gasteiger partial charge < -0.3 is 10.1 Å². The molecule has 2 rings (SSSR count). The van der Waals surface area contributed by atoms with Gasteiger partial charge in [0.2, 0.25) is 10.0 Å². The molecule has 1 aliphatic rings. The second-order valence-corrected chi connectivity index (χ2v) is 6.51. The minimum atomic E-state index is -3.57. The Hall–Kier alpha value is -1.44. The van der Waals surface area contributed by atoms with E-state index < -0.39 is 10.0 Å². The summed E-state index contributed by atoms with van der Waals surface area (Å²) in [6.45, 7) is 3.24. The molecule has 6 nitrogen and oxygen atoms in total. The average Bonchev–Trinajstić information content (AvgIpc) is 2.47. The summed E-state index contributed by atoms with van der Waals surface area (Å²) in [6.07, 6.45) is 0. The zero-order valence-corrected chi connectivity index (χ0v) is 12.4. The van der Waals surface area contributed by atoms with Gasteiger partial charge in [-0.25, -0.2) is 8.42 Å². The van der Waals surface area contributed by atoms with E-state index in [1.807, 2.05) is 0 Å². The number of nitrogens with zero attached hydrogens (tertiary/aromatic N) is 1. The number of benzene rings is 1. The van der Waals surface area contributed by atoms with Crippen molar-refractivity contribution in [3.63, 3.8) is 0 Å². The smallest absolute Gasteiger partial charge is 0.251 e. The molecule has 0 aliphatic carbocycles. The SMILES string of the molecule is CNC(=O)c1cc(S(=O)(=O)N2CCOCC2)ccc1C. The summed E-state index contributed by atoms with van der Waals surface area (Å²) in [4.78, 5) is 11.9. The van der Waals surface area contributed by atoms with Crippen LogP contribution in [0.15, 0.2) is 23.1 Å². The molecule has 1 N–H and O–H groups in total. The van der Waals surface area contributed by atoms with Gasteiger partial charge in [0, 0.05) is 25.7 Å². The van der Waals surface area contributed by atoms with Crippen molar-refractivity contribution in [1.82, 2.24) is 9.62 Å². The Kier molecular flexibility index (Phi) is 4.42. The standard InChI is InChI=1S/C13H18N2O4S/c1-10-3-4-11(9-12(10)13(16)14-2)20(17,18)15-5-7-19-8-6-15/h3-4,9H,5-8H2,1-2H3,(H,14,16). The van der Waals surface area contributed by atoms with Gasteiger partial charge in [-0.1, -0.05) is 6.07 Å². The van der Waals surface area contributed by atoms with E-state index in [1.54, 1.807) is 13.0 Å². The van der Waals surface area contributed by atoms with Gasteiger partial charge in [0.15, 0.2) is 0 Å². The van der Waals surface area contributed by atoms with Gasteiger partial charge in [0.1, 0.15) is 0 Å². The maximum absolute atomic E-state index is 12.5. The molecule has 1 fully saturated rings. The van der Waals surface area contributed by atoms with Crippen molar-refractivity contribution in [2.75, 3.05) is 33.4 Å². The van der Waals surface area contributed by atoms with Crippen LogP contribution in [0.1, 0.15) is 15.9 Å². The third kappa shape index (κ3) is 2.84. The highest BCUT2D eigenvalue weighted by molar-refractivity contribution is 7.89. The molecular formula is C13H18N2O4S. The molecule has 1 aliphatic heterocycles. The maximum Gasteiger partial charge on any atom is 0.251 e.